The summed E-state index contributed by atoms with van der Waals surface area (Å²) in [7, 11) is -4.15. The summed E-state index contributed by atoms with van der Waals surface area (Å²) < 4.78 is 64.3. The maximum absolute atomic E-state index is 12.4. The van der Waals surface area contributed by atoms with Crippen LogP contribution in [0, 0.1) is 0 Å². The fraction of sp³-hybridized carbons (Fsp3) is 0.750. The zero-order valence-electron chi connectivity index (χ0n) is 15.8. The highest BCUT2D eigenvalue weighted by Crippen LogP contribution is 2.29. The largest absolute Gasteiger partial charge is 0.392 e. The van der Waals surface area contributed by atoms with Crippen molar-refractivity contribution in [3.05, 3.63) is 11.8 Å². The first kappa shape index (κ1) is 23.4. The molecular formula is C16H25F3N2O5S. The first-order valence-electron chi connectivity index (χ1n) is 8.26. The number of aliphatic hydroxyl groups excluding tert-OH is 1. The van der Waals surface area contributed by atoms with Crippen LogP contribution in [-0.2, 0) is 20.0 Å². The van der Waals surface area contributed by atoms with Gasteiger partial charge in [0, 0.05) is 17.9 Å². The summed E-state index contributed by atoms with van der Waals surface area (Å²) in [6.07, 6.45) is -7.10. The van der Waals surface area contributed by atoms with Gasteiger partial charge in [-0.2, -0.15) is 13.2 Å². The average Bonchev–Trinajstić information content (AvgIpc) is 2.94. The van der Waals surface area contributed by atoms with E-state index in [4.69, 9.17) is 4.52 Å². The molecular weight excluding hydrogens is 389 g/mol. The van der Waals surface area contributed by atoms with Gasteiger partial charge < -0.3 is 9.63 Å². The lowest BCUT2D eigenvalue weighted by molar-refractivity contribution is -0.134. The highest BCUT2D eigenvalue weighted by molar-refractivity contribution is 7.93. The van der Waals surface area contributed by atoms with Crippen LogP contribution in [-0.4, -0.2) is 47.4 Å². The first-order valence-corrected chi connectivity index (χ1v) is 9.91. The van der Waals surface area contributed by atoms with Crippen molar-refractivity contribution in [3.63, 3.8) is 0 Å². The Morgan fingerprint density at radius 2 is 1.85 bits per heavy atom. The Kier molecular flexibility index (Phi) is 6.75. The molecule has 1 amide bonds. The molecule has 0 unspecified atom stereocenters. The third-order valence-electron chi connectivity index (χ3n) is 4.65. The summed E-state index contributed by atoms with van der Waals surface area (Å²) in [5, 5.41) is 15.8. The van der Waals surface area contributed by atoms with Crippen LogP contribution < -0.4 is 5.32 Å². The van der Waals surface area contributed by atoms with Crippen LogP contribution in [0.5, 0.6) is 0 Å². The van der Waals surface area contributed by atoms with E-state index in [2.05, 4.69) is 10.5 Å². The summed E-state index contributed by atoms with van der Waals surface area (Å²) in [5.74, 6) is -1.85. The fourth-order valence-corrected chi connectivity index (χ4v) is 3.34. The maximum atomic E-state index is 12.4. The maximum Gasteiger partial charge on any atom is 0.389 e. The summed E-state index contributed by atoms with van der Waals surface area (Å²) in [6, 6.07) is 1.36. The molecule has 0 aliphatic rings. The number of hydrogen-bond donors (Lipinski definition) is 2. The molecule has 7 nitrogen and oxygen atoms in total. The van der Waals surface area contributed by atoms with Crippen LogP contribution in [0.2, 0.25) is 0 Å². The van der Waals surface area contributed by atoms with E-state index in [0.29, 0.717) is 5.69 Å². The normalized spacial score (nSPS) is 14.9. The van der Waals surface area contributed by atoms with Gasteiger partial charge in [0.05, 0.1) is 17.6 Å². The molecule has 11 heteroatoms. The number of carbonyl (C=O) groups is 1. The van der Waals surface area contributed by atoms with Crippen molar-refractivity contribution in [1.29, 1.82) is 0 Å². The third-order valence-corrected chi connectivity index (χ3v) is 7.22. The number of hydrogen-bond acceptors (Lipinski definition) is 6. The van der Waals surface area contributed by atoms with Crippen molar-refractivity contribution in [2.75, 3.05) is 11.1 Å². The number of rotatable bonds is 8. The van der Waals surface area contributed by atoms with Crippen molar-refractivity contribution in [3.8, 4) is 0 Å². The van der Waals surface area contributed by atoms with Gasteiger partial charge in [0.1, 0.15) is 4.75 Å². The van der Waals surface area contributed by atoms with Gasteiger partial charge in [-0.15, -0.1) is 0 Å². The Hall–Kier alpha value is -1.62. The van der Waals surface area contributed by atoms with E-state index in [-0.39, 0.29) is 5.88 Å². The van der Waals surface area contributed by atoms with Crippen LogP contribution >= 0.6 is 0 Å². The van der Waals surface area contributed by atoms with E-state index >= 15 is 0 Å². The van der Waals surface area contributed by atoms with Gasteiger partial charge in [0.25, 0.3) is 0 Å². The van der Waals surface area contributed by atoms with Crippen LogP contribution in [0.1, 0.15) is 53.2 Å². The predicted octanol–water partition coefficient (Wildman–Crippen LogP) is 2.81. The zero-order valence-corrected chi connectivity index (χ0v) is 16.7. The number of aromatic nitrogens is 1. The lowest BCUT2D eigenvalue weighted by Gasteiger charge is -2.24. The second-order valence-electron chi connectivity index (χ2n) is 7.48. The van der Waals surface area contributed by atoms with Gasteiger partial charge in [-0.3, -0.25) is 10.1 Å². The van der Waals surface area contributed by atoms with Crippen molar-refractivity contribution >= 4 is 21.6 Å². The Bertz CT molecular complexity index is 767. The van der Waals surface area contributed by atoms with E-state index in [9.17, 15) is 31.5 Å². The molecule has 1 rings (SSSR count). The third kappa shape index (κ3) is 5.68. The predicted molar refractivity (Wildman–Crippen MR) is 93.0 cm³/mol. The van der Waals surface area contributed by atoms with Gasteiger partial charge in [0.15, 0.2) is 9.84 Å². The molecule has 1 aromatic rings. The molecule has 1 aromatic heterocycles. The number of halogens is 3. The lowest BCUT2D eigenvalue weighted by atomic mass is 9.84. The second-order valence-corrected chi connectivity index (χ2v) is 10.1. The molecule has 1 atom stereocenters. The summed E-state index contributed by atoms with van der Waals surface area (Å²) >= 11 is 0. The molecule has 0 saturated carbocycles. The molecule has 0 bridgehead atoms. The monoisotopic (exact) mass is 414 g/mol. The molecule has 1 heterocycles. The van der Waals surface area contributed by atoms with Crippen molar-refractivity contribution in [2.45, 2.75) is 69.9 Å². The number of aliphatic hydroxyl groups is 1. The van der Waals surface area contributed by atoms with Gasteiger partial charge in [-0.25, -0.2) is 8.42 Å². The topological polar surface area (TPSA) is 110 Å². The van der Waals surface area contributed by atoms with Crippen LogP contribution in [0.25, 0.3) is 0 Å². The number of sulfone groups is 1. The number of alkyl halides is 3. The first-order chi connectivity index (χ1) is 12.0. The van der Waals surface area contributed by atoms with Gasteiger partial charge in [-0.1, -0.05) is 19.0 Å². The highest BCUT2D eigenvalue weighted by atomic mass is 32.2. The van der Waals surface area contributed by atoms with Crippen LogP contribution in [0.4, 0.5) is 19.1 Å². The number of carbonyl (C=O) groups excluding carboxylic acids is 1. The number of nitrogens with one attached hydrogen (secondary N) is 1. The Morgan fingerprint density at radius 3 is 2.33 bits per heavy atom. The average molecular weight is 414 g/mol. The molecule has 0 fully saturated rings. The molecule has 0 spiro atoms. The Balaban J connectivity index is 2.87. The smallest absolute Gasteiger partial charge is 0.389 e. The molecule has 0 radical (unpaired) electrons. The SMILES string of the molecule is C[C@@H](O)C(C)(C)c1cc(NC(=O)C(C)(C)S(=O)(=O)CCCC(F)(F)F)on1. The fourth-order valence-electron chi connectivity index (χ4n) is 1.97. The minimum atomic E-state index is -4.46. The van der Waals surface area contributed by atoms with Crippen molar-refractivity contribution in [2.24, 2.45) is 0 Å². The molecule has 27 heavy (non-hydrogen) atoms. The summed E-state index contributed by atoms with van der Waals surface area (Å²) in [5.41, 5.74) is -0.426. The highest BCUT2D eigenvalue weighted by Gasteiger charge is 2.42. The van der Waals surface area contributed by atoms with E-state index in [1.54, 1.807) is 20.8 Å². The Morgan fingerprint density at radius 1 is 1.30 bits per heavy atom. The van der Waals surface area contributed by atoms with E-state index in [1.807, 2.05) is 0 Å². The zero-order chi connectivity index (χ0) is 21.3. The number of nitrogens with zero attached hydrogens (tertiary/aromatic N) is 1. The second kappa shape index (κ2) is 7.78. The van der Waals surface area contributed by atoms with Gasteiger partial charge in [0.2, 0.25) is 11.8 Å². The molecule has 0 aliphatic carbocycles. The van der Waals surface area contributed by atoms with Crippen molar-refractivity contribution < 1.29 is 36.0 Å². The minimum absolute atomic E-state index is 0.123. The number of anilines is 1. The van der Waals surface area contributed by atoms with E-state index in [1.165, 1.54) is 6.07 Å². The molecule has 2 N–H and O–H groups in total. The molecule has 0 saturated heterocycles. The van der Waals surface area contributed by atoms with E-state index < -0.39 is 56.8 Å². The van der Waals surface area contributed by atoms with Crippen molar-refractivity contribution in [1.82, 2.24) is 5.16 Å². The lowest BCUT2D eigenvalue weighted by Crippen LogP contribution is -2.45. The molecule has 0 aromatic carbocycles. The van der Waals surface area contributed by atoms with E-state index in [0.717, 1.165) is 13.8 Å². The number of amides is 1. The summed E-state index contributed by atoms with van der Waals surface area (Å²) in [6.45, 7) is 7.19. The van der Waals surface area contributed by atoms with Crippen LogP contribution in [0.3, 0.4) is 0 Å². The minimum Gasteiger partial charge on any atom is -0.392 e. The quantitative estimate of drug-likeness (QED) is 0.677. The summed E-state index contributed by atoms with van der Waals surface area (Å²) in [4.78, 5) is 12.4. The van der Waals surface area contributed by atoms with Crippen LogP contribution in [0.15, 0.2) is 10.6 Å². The molecule has 0 aliphatic heterocycles. The Labute approximate surface area is 156 Å². The standard InChI is InChI=1S/C16H25F3N2O5S/c1-10(22)14(2,3)11-9-12(26-21-11)20-13(23)15(4,5)27(24,25)8-6-7-16(17,18)19/h9-10,22H,6-8H2,1-5H3,(H,20,23)/t10-/m1/s1. The molecule has 156 valence electrons. The van der Waals surface area contributed by atoms with Gasteiger partial charge >= 0.3 is 6.18 Å². The van der Waals surface area contributed by atoms with Gasteiger partial charge in [-0.05, 0) is 27.2 Å².